The molecule has 0 unspecified atom stereocenters. The summed E-state index contributed by atoms with van der Waals surface area (Å²) in [6, 6.07) is 7.73. The lowest BCUT2D eigenvalue weighted by molar-refractivity contribution is -0.136. The number of carboxylic acid groups (broad SMARTS) is 1. The van der Waals surface area contributed by atoms with E-state index in [9.17, 15) is 4.79 Å². The molecule has 1 heterocycles. The van der Waals surface area contributed by atoms with E-state index >= 15 is 0 Å². The highest BCUT2D eigenvalue weighted by molar-refractivity contribution is 5.78. The average molecular weight is 231 g/mol. The van der Waals surface area contributed by atoms with Gasteiger partial charge in [-0.25, -0.2) is 0 Å². The van der Waals surface area contributed by atoms with Crippen molar-refractivity contribution in [1.29, 1.82) is 0 Å². The zero-order valence-corrected chi connectivity index (χ0v) is 9.40. The molecule has 0 aliphatic rings. The molecular formula is C12H13N3O2. The summed E-state index contributed by atoms with van der Waals surface area (Å²) in [5.41, 5.74) is 8.85. The van der Waals surface area contributed by atoms with E-state index in [-0.39, 0.29) is 12.2 Å². The molecule has 2 rings (SSSR count). The second-order valence-electron chi connectivity index (χ2n) is 3.90. The van der Waals surface area contributed by atoms with Crippen molar-refractivity contribution in [1.82, 2.24) is 10.2 Å². The van der Waals surface area contributed by atoms with Crippen LogP contribution in [-0.4, -0.2) is 21.3 Å². The molecule has 4 N–H and O–H groups in total. The molecule has 2 aromatic rings. The van der Waals surface area contributed by atoms with Crippen LogP contribution in [0, 0.1) is 6.92 Å². The maximum Gasteiger partial charge on any atom is 0.308 e. The van der Waals surface area contributed by atoms with E-state index in [1.807, 2.05) is 31.2 Å². The number of nitrogen functional groups attached to an aromatic ring is 1. The Kier molecular flexibility index (Phi) is 2.82. The Morgan fingerprint density at radius 1 is 1.53 bits per heavy atom. The van der Waals surface area contributed by atoms with Gasteiger partial charge in [0.2, 0.25) is 0 Å². The SMILES string of the molecule is Cc1cccc(-c2[nH]nc(N)c2CC(=O)O)c1. The van der Waals surface area contributed by atoms with Crippen LogP contribution in [-0.2, 0) is 11.2 Å². The third kappa shape index (κ3) is 2.28. The monoisotopic (exact) mass is 231 g/mol. The number of hydrogen-bond donors (Lipinski definition) is 3. The Morgan fingerprint density at radius 3 is 2.94 bits per heavy atom. The number of rotatable bonds is 3. The summed E-state index contributed by atoms with van der Waals surface area (Å²) in [6.45, 7) is 1.97. The lowest BCUT2D eigenvalue weighted by Crippen LogP contribution is -2.03. The van der Waals surface area contributed by atoms with Gasteiger partial charge >= 0.3 is 5.97 Å². The highest BCUT2D eigenvalue weighted by atomic mass is 16.4. The van der Waals surface area contributed by atoms with Gasteiger partial charge in [-0.05, 0) is 13.0 Å². The van der Waals surface area contributed by atoms with Crippen LogP contribution in [0.4, 0.5) is 5.82 Å². The number of aryl methyl sites for hydroxylation is 1. The van der Waals surface area contributed by atoms with Crippen molar-refractivity contribution in [2.75, 3.05) is 5.73 Å². The largest absolute Gasteiger partial charge is 0.481 e. The maximum atomic E-state index is 10.8. The van der Waals surface area contributed by atoms with Crippen molar-refractivity contribution in [3.63, 3.8) is 0 Å². The summed E-state index contributed by atoms with van der Waals surface area (Å²) in [5, 5.41) is 15.5. The molecule has 0 bridgehead atoms. The van der Waals surface area contributed by atoms with Gasteiger partial charge in [0.1, 0.15) is 5.82 Å². The van der Waals surface area contributed by atoms with E-state index in [1.165, 1.54) is 0 Å². The number of hydrogen-bond acceptors (Lipinski definition) is 3. The molecule has 0 fully saturated rings. The van der Waals surface area contributed by atoms with Crippen molar-refractivity contribution in [3.8, 4) is 11.3 Å². The Morgan fingerprint density at radius 2 is 2.29 bits per heavy atom. The molecule has 0 saturated heterocycles. The Labute approximate surface area is 98.3 Å². The minimum absolute atomic E-state index is 0.133. The second-order valence-corrected chi connectivity index (χ2v) is 3.90. The van der Waals surface area contributed by atoms with Gasteiger partial charge in [-0.3, -0.25) is 9.89 Å². The summed E-state index contributed by atoms with van der Waals surface area (Å²) >= 11 is 0. The first kappa shape index (κ1) is 11.2. The number of carboxylic acids is 1. The first-order chi connectivity index (χ1) is 8.08. The summed E-state index contributed by atoms with van der Waals surface area (Å²) in [5.74, 6) is -0.684. The van der Waals surface area contributed by atoms with Crippen LogP contribution in [0.5, 0.6) is 0 Å². The Hall–Kier alpha value is -2.30. The van der Waals surface area contributed by atoms with Gasteiger partial charge in [0.25, 0.3) is 0 Å². The van der Waals surface area contributed by atoms with Crippen molar-refractivity contribution in [3.05, 3.63) is 35.4 Å². The number of carbonyl (C=O) groups is 1. The number of anilines is 1. The second kappa shape index (κ2) is 4.29. The predicted molar refractivity (Wildman–Crippen MR) is 64.5 cm³/mol. The van der Waals surface area contributed by atoms with Gasteiger partial charge in [0.15, 0.2) is 0 Å². The lowest BCUT2D eigenvalue weighted by Gasteiger charge is -2.03. The lowest BCUT2D eigenvalue weighted by atomic mass is 10.0. The van der Waals surface area contributed by atoms with Gasteiger partial charge in [-0.1, -0.05) is 23.8 Å². The van der Waals surface area contributed by atoms with Crippen LogP contribution in [0.1, 0.15) is 11.1 Å². The Bertz CT molecular complexity index is 561. The van der Waals surface area contributed by atoms with E-state index < -0.39 is 5.97 Å². The average Bonchev–Trinajstić information content (AvgIpc) is 2.60. The van der Waals surface area contributed by atoms with E-state index in [2.05, 4.69) is 10.2 Å². The summed E-state index contributed by atoms with van der Waals surface area (Å²) in [7, 11) is 0. The number of H-pyrrole nitrogens is 1. The van der Waals surface area contributed by atoms with Crippen molar-refractivity contribution < 1.29 is 9.90 Å². The number of nitrogens with zero attached hydrogens (tertiary/aromatic N) is 1. The van der Waals surface area contributed by atoms with E-state index in [0.717, 1.165) is 11.1 Å². The molecule has 0 radical (unpaired) electrons. The molecule has 1 aromatic carbocycles. The zero-order chi connectivity index (χ0) is 12.4. The van der Waals surface area contributed by atoms with E-state index in [0.29, 0.717) is 11.3 Å². The molecule has 5 nitrogen and oxygen atoms in total. The Balaban J connectivity index is 2.48. The number of nitrogens with one attached hydrogen (secondary N) is 1. The normalized spacial score (nSPS) is 10.4. The quantitative estimate of drug-likeness (QED) is 0.748. The highest BCUT2D eigenvalue weighted by Gasteiger charge is 2.15. The summed E-state index contributed by atoms with van der Waals surface area (Å²) < 4.78 is 0. The first-order valence-electron chi connectivity index (χ1n) is 5.19. The molecular weight excluding hydrogens is 218 g/mol. The molecule has 0 spiro atoms. The molecule has 17 heavy (non-hydrogen) atoms. The fourth-order valence-corrected chi connectivity index (χ4v) is 1.75. The molecule has 0 saturated carbocycles. The highest BCUT2D eigenvalue weighted by Crippen LogP contribution is 2.26. The van der Waals surface area contributed by atoms with Crippen LogP contribution in [0.3, 0.4) is 0 Å². The predicted octanol–water partition coefficient (Wildman–Crippen LogP) is 1.59. The molecule has 0 atom stereocenters. The summed E-state index contributed by atoms with van der Waals surface area (Å²) in [6.07, 6.45) is -0.133. The molecule has 88 valence electrons. The topological polar surface area (TPSA) is 92.0 Å². The number of aromatic nitrogens is 2. The number of nitrogens with two attached hydrogens (primary N) is 1. The van der Waals surface area contributed by atoms with Gasteiger partial charge in [-0.15, -0.1) is 0 Å². The van der Waals surface area contributed by atoms with Crippen LogP contribution < -0.4 is 5.73 Å². The standard InChI is InChI=1S/C12H13N3O2/c1-7-3-2-4-8(5-7)11-9(6-10(16)17)12(13)15-14-11/h2-5H,6H2,1H3,(H,16,17)(H3,13,14,15). The van der Waals surface area contributed by atoms with Crippen LogP contribution in [0.2, 0.25) is 0 Å². The minimum atomic E-state index is -0.924. The van der Waals surface area contributed by atoms with Crippen LogP contribution >= 0.6 is 0 Å². The molecule has 1 aromatic heterocycles. The number of benzene rings is 1. The molecule has 0 aliphatic carbocycles. The van der Waals surface area contributed by atoms with Crippen LogP contribution in [0.15, 0.2) is 24.3 Å². The van der Waals surface area contributed by atoms with Gasteiger partial charge < -0.3 is 10.8 Å². The van der Waals surface area contributed by atoms with Gasteiger partial charge in [0, 0.05) is 11.1 Å². The number of aromatic amines is 1. The number of aliphatic carboxylic acids is 1. The fourth-order valence-electron chi connectivity index (χ4n) is 1.75. The maximum absolute atomic E-state index is 10.8. The molecule has 0 aliphatic heterocycles. The molecule has 5 heteroatoms. The van der Waals surface area contributed by atoms with Gasteiger partial charge in [-0.2, -0.15) is 5.10 Å². The summed E-state index contributed by atoms with van der Waals surface area (Å²) in [4.78, 5) is 10.8. The van der Waals surface area contributed by atoms with Crippen molar-refractivity contribution >= 4 is 11.8 Å². The third-order valence-electron chi connectivity index (χ3n) is 2.53. The zero-order valence-electron chi connectivity index (χ0n) is 9.40. The minimum Gasteiger partial charge on any atom is -0.481 e. The fraction of sp³-hybridized carbons (Fsp3) is 0.167. The molecule has 0 amide bonds. The van der Waals surface area contributed by atoms with Gasteiger partial charge in [0.05, 0.1) is 12.1 Å². The van der Waals surface area contributed by atoms with Crippen LogP contribution in [0.25, 0.3) is 11.3 Å². The smallest absolute Gasteiger partial charge is 0.308 e. The first-order valence-corrected chi connectivity index (χ1v) is 5.19. The third-order valence-corrected chi connectivity index (χ3v) is 2.53. The van der Waals surface area contributed by atoms with E-state index in [4.69, 9.17) is 10.8 Å². The van der Waals surface area contributed by atoms with Crippen molar-refractivity contribution in [2.24, 2.45) is 0 Å². The van der Waals surface area contributed by atoms with Crippen molar-refractivity contribution in [2.45, 2.75) is 13.3 Å². The van der Waals surface area contributed by atoms with E-state index in [1.54, 1.807) is 0 Å².